The topological polar surface area (TPSA) is 47.9 Å². The lowest BCUT2D eigenvalue weighted by atomic mass is 10.0. The lowest BCUT2D eigenvalue weighted by molar-refractivity contribution is 0.0853. The van der Waals surface area contributed by atoms with Crippen LogP contribution in [-0.4, -0.2) is 28.2 Å². The van der Waals surface area contributed by atoms with Gasteiger partial charge in [-0.1, -0.05) is 12.1 Å². The molecule has 0 atom stereocenters. The largest absolute Gasteiger partial charge is 0.381 e. The second-order valence-electron chi connectivity index (χ2n) is 5.81. The maximum atomic E-state index is 14.4. The maximum Gasteiger partial charge on any atom is 0.222 e. The Balaban J connectivity index is 1.85. The Kier molecular flexibility index (Phi) is 4.74. The fraction of sp³-hybridized carbons (Fsp3) is 0.278. The van der Waals surface area contributed by atoms with Crippen molar-refractivity contribution in [3.63, 3.8) is 0 Å². The van der Waals surface area contributed by atoms with Gasteiger partial charge < -0.3 is 4.74 Å². The molecular weight excluding hydrogens is 361 g/mol. The van der Waals surface area contributed by atoms with Crippen molar-refractivity contribution < 1.29 is 9.13 Å². The minimum Gasteiger partial charge on any atom is -0.381 e. The first kappa shape index (κ1) is 16.6. The van der Waals surface area contributed by atoms with E-state index in [9.17, 15) is 4.39 Å². The first-order valence-electron chi connectivity index (χ1n) is 8.04. The molecule has 0 radical (unpaired) electrons. The number of hydrogen-bond acceptors (Lipinski definition) is 5. The molecule has 0 aliphatic carbocycles. The van der Waals surface area contributed by atoms with Gasteiger partial charge in [-0.25, -0.2) is 19.3 Å². The molecule has 2 aromatic heterocycles. The molecule has 7 heteroatoms. The van der Waals surface area contributed by atoms with E-state index in [0.717, 1.165) is 35.9 Å². The van der Waals surface area contributed by atoms with Crippen molar-refractivity contribution in [2.75, 3.05) is 13.2 Å². The summed E-state index contributed by atoms with van der Waals surface area (Å²) in [5, 5.41) is 1.16. The Morgan fingerprint density at radius 2 is 1.92 bits per heavy atom. The molecule has 1 aliphatic rings. The van der Waals surface area contributed by atoms with Crippen LogP contribution in [0.5, 0.6) is 0 Å². The number of hydrogen-bond donors (Lipinski definition) is 0. The number of aromatic nitrogens is 3. The van der Waals surface area contributed by atoms with Gasteiger partial charge in [-0.2, -0.15) is 0 Å². The van der Waals surface area contributed by atoms with E-state index in [1.165, 1.54) is 6.07 Å². The van der Waals surface area contributed by atoms with Crippen molar-refractivity contribution in [1.29, 1.82) is 0 Å². The van der Waals surface area contributed by atoms with Crippen LogP contribution in [0.1, 0.15) is 23.8 Å². The average molecular weight is 376 g/mol. The van der Waals surface area contributed by atoms with E-state index in [-0.39, 0.29) is 11.1 Å². The van der Waals surface area contributed by atoms with Gasteiger partial charge in [0.15, 0.2) is 0 Å². The smallest absolute Gasteiger partial charge is 0.222 e. The Bertz CT molecular complexity index is 896. The highest BCUT2D eigenvalue weighted by molar-refractivity contribution is 7.15. The molecule has 0 unspecified atom stereocenters. The fourth-order valence-electron chi connectivity index (χ4n) is 2.93. The highest BCUT2D eigenvalue weighted by atomic mass is 35.5. The monoisotopic (exact) mass is 375 g/mol. The zero-order valence-electron chi connectivity index (χ0n) is 13.3. The molecule has 4 rings (SSSR count). The number of rotatable bonds is 3. The Morgan fingerprint density at radius 1 is 1.12 bits per heavy atom. The summed E-state index contributed by atoms with van der Waals surface area (Å²) in [6.07, 6.45) is 3.45. The molecule has 1 aliphatic heterocycles. The molecule has 3 aromatic rings. The summed E-state index contributed by atoms with van der Waals surface area (Å²) < 4.78 is 19.8. The van der Waals surface area contributed by atoms with Gasteiger partial charge in [-0.3, -0.25) is 0 Å². The van der Waals surface area contributed by atoms with Crippen LogP contribution in [0.2, 0.25) is 5.28 Å². The van der Waals surface area contributed by atoms with Crippen LogP contribution in [0, 0.1) is 5.82 Å². The van der Waals surface area contributed by atoms with Crippen LogP contribution in [-0.2, 0) is 4.74 Å². The molecule has 128 valence electrons. The molecule has 1 fully saturated rings. The maximum absolute atomic E-state index is 14.4. The first-order valence-corrected chi connectivity index (χ1v) is 9.24. The first-order chi connectivity index (χ1) is 12.2. The van der Waals surface area contributed by atoms with E-state index in [1.54, 1.807) is 35.7 Å². The van der Waals surface area contributed by atoms with Gasteiger partial charge in [0.1, 0.15) is 5.82 Å². The van der Waals surface area contributed by atoms with Crippen molar-refractivity contribution in [2.24, 2.45) is 0 Å². The van der Waals surface area contributed by atoms with Gasteiger partial charge in [0.2, 0.25) is 5.28 Å². The SMILES string of the molecule is Fc1ccccc1-c1nc(C2CCOCC2)sc1-c1ccnc(Cl)n1. The van der Waals surface area contributed by atoms with Gasteiger partial charge in [-0.15, -0.1) is 11.3 Å². The van der Waals surface area contributed by atoms with Crippen LogP contribution >= 0.6 is 22.9 Å². The lowest BCUT2D eigenvalue weighted by Crippen LogP contribution is -2.13. The third kappa shape index (κ3) is 3.42. The summed E-state index contributed by atoms with van der Waals surface area (Å²) in [7, 11) is 0. The lowest BCUT2D eigenvalue weighted by Gasteiger charge is -2.19. The summed E-state index contributed by atoms with van der Waals surface area (Å²) >= 11 is 7.50. The fourth-order valence-corrected chi connectivity index (χ4v) is 4.29. The summed E-state index contributed by atoms with van der Waals surface area (Å²) in [5.74, 6) is 0.0306. The Morgan fingerprint density at radius 3 is 2.68 bits per heavy atom. The molecule has 0 N–H and O–H groups in total. The normalized spacial score (nSPS) is 15.4. The van der Waals surface area contributed by atoms with E-state index >= 15 is 0 Å². The zero-order chi connectivity index (χ0) is 17.2. The molecule has 0 amide bonds. The molecule has 25 heavy (non-hydrogen) atoms. The highest BCUT2D eigenvalue weighted by Crippen LogP contribution is 2.41. The van der Waals surface area contributed by atoms with Crippen molar-refractivity contribution in [1.82, 2.24) is 15.0 Å². The molecule has 1 saturated heterocycles. The van der Waals surface area contributed by atoms with Crippen LogP contribution in [0.4, 0.5) is 4.39 Å². The van der Waals surface area contributed by atoms with Crippen LogP contribution in [0.25, 0.3) is 21.8 Å². The number of halogens is 2. The molecule has 4 nitrogen and oxygen atoms in total. The number of benzene rings is 1. The third-order valence-electron chi connectivity index (χ3n) is 4.20. The summed E-state index contributed by atoms with van der Waals surface area (Å²) in [6, 6.07) is 8.44. The van der Waals surface area contributed by atoms with Crippen molar-refractivity contribution in [3.8, 4) is 21.8 Å². The van der Waals surface area contributed by atoms with E-state index in [4.69, 9.17) is 21.3 Å². The molecule has 3 heterocycles. The molecule has 0 saturated carbocycles. The van der Waals surface area contributed by atoms with E-state index in [1.807, 2.05) is 6.07 Å². The minimum atomic E-state index is -0.298. The van der Waals surface area contributed by atoms with Crippen molar-refractivity contribution >= 4 is 22.9 Å². The predicted octanol–water partition coefficient (Wildman–Crippen LogP) is 4.95. The third-order valence-corrected chi connectivity index (χ3v) is 5.62. The van der Waals surface area contributed by atoms with Gasteiger partial charge in [-0.05, 0) is 42.6 Å². The highest BCUT2D eigenvalue weighted by Gasteiger charge is 2.24. The molecule has 0 spiro atoms. The minimum absolute atomic E-state index is 0.165. The second kappa shape index (κ2) is 7.15. The van der Waals surface area contributed by atoms with Gasteiger partial charge in [0, 0.05) is 30.9 Å². The van der Waals surface area contributed by atoms with E-state index < -0.39 is 0 Å². The quantitative estimate of drug-likeness (QED) is 0.607. The van der Waals surface area contributed by atoms with Crippen molar-refractivity contribution in [3.05, 3.63) is 52.6 Å². The summed E-state index contributed by atoms with van der Waals surface area (Å²) in [5.41, 5.74) is 1.75. The van der Waals surface area contributed by atoms with Crippen molar-refractivity contribution in [2.45, 2.75) is 18.8 Å². The average Bonchev–Trinajstić information content (AvgIpc) is 3.08. The molecule has 1 aromatic carbocycles. The zero-order valence-corrected chi connectivity index (χ0v) is 14.9. The number of thiazole rings is 1. The van der Waals surface area contributed by atoms with E-state index in [2.05, 4.69) is 9.97 Å². The van der Waals surface area contributed by atoms with Crippen LogP contribution < -0.4 is 0 Å². The summed E-state index contributed by atoms with van der Waals surface area (Å²) in [6.45, 7) is 1.46. The van der Waals surface area contributed by atoms with Gasteiger partial charge in [0.25, 0.3) is 0 Å². The summed E-state index contributed by atoms with van der Waals surface area (Å²) in [4.78, 5) is 13.8. The Labute approximate surface area is 153 Å². The van der Waals surface area contributed by atoms with Gasteiger partial charge in [0.05, 0.1) is 21.3 Å². The Hall–Kier alpha value is -1.89. The van der Waals surface area contributed by atoms with Crippen LogP contribution in [0.3, 0.4) is 0 Å². The van der Waals surface area contributed by atoms with Gasteiger partial charge >= 0.3 is 0 Å². The van der Waals surface area contributed by atoms with Crippen LogP contribution in [0.15, 0.2) is 36.5 Å². The second-order valence-corrected chi connectivity index (χ2v) is 7.18. The number of ether oxygens (including phenoxy) is 1. The van der Waals surface area contributed by atoms with E-state index in [0.29, 0.717) is 22.9 Å². The number of nitrogens with zero attached hydrogens (tertiary/aromatic N) is 3. The predicted molar refractivity (Wildman–Crippen MR) is 96.3 cm³/mol. The molecule has 0 bridgehead atoms. The standard InChI is InChI=1S/C18H15ClFN3OS/c19-18-21-8-5-14(22-18)16-15(12-3-1-2-4-13(12)20)23-17(25-16)11-6-9-24-10-7-11/h1-5,8,11H,6-7,9-10H2. The molecular formula is C18H15ClFN3OS.